The molecular weight excluding hydrogens is 342 g/mol. The highest BCUT2D eigenvalue weighted by atomic mass is 16.5. The number of ether oxygens (including phenoxy) is 2. The Bertz CT molecular complexity index is 868. The van der Waals surface area contributed by atoms with E-state index in [9.17, 15) is 19.5 Å². The zero-order chi connectivity index (χ0) is 19.4. The van der Waals surface area contributed by atoms with Crippen LogP contribution in [0, 0.1) is 0 Å². The third-order valence-corrected chi connectivity index (χ3v) is 4.01. The van der Waals surface area contributed by atoms with E-state index in [0.29, 0.717) is 5.56 Å². The van der Waals surface area contributed by atoms with Gasteiger partial charge in [0.2, 0.25) is 0 Å². The summed E-state index contributed by atoms with van der Waals surface area (Å²) in [6.45, 7) is 3.85. The first-order valence-electron chi connectivity index (χ1n) is 7.93. The van der Waals surface area contributed by atoms with Crippen LogP contribution in [0.3, 0.4) is 0 Å². The third-order valence-electron chi connectivity index (χ3n) is 4.01. The van der Waals surface area contributed by atoms with Crippen molar-refractivity contribution in [2.45, 2.75) is 32.2 Å². The fourth-order valence-corrected chi connectivity index (χ4v) is 2.58. The predicted octanol–water partition coefficient (Wildman–Crippen LogP) is 1.34. The van der Waals surface area contributed by atoms with Gasteiger partial charge in [-0.1, -0.05) is 0 Å². The zero-order valence-electron chi connectivity index (χ0n) is 15.0. The lowest BCUT2D eigenvalue weighted by molar-refractivity contribution is -0.140. The van der Waals surface area contributed by atoms with Crippen LogP contribution in [0.15, 0.2) is 23.4 Å². The molecular formula is C17H21N3O6. The van der Waals surface area contributed by atoms with E-state index in [1.165, 1.54) is 13.3 Å². The largest absolute Gasteiger partial charge is 0.506 e. The quantitative estimate of drug-likeness (QED) is 0.742. The lowest BCUT2D eigenvalue weighted by Crippen LogP contribution is -2.22. The van der Waals surface area contributed by atoms with Gasteiger partial charge in [-0.05, 0) is 19.4 Å². The molecule has 0 saturated heterocycles. The number of nitrogens with one attached hydrogen (secondary N) is 1. The second-order valence-electron chi connectivity index (χ2n) is 5.97. The first-order valence-corrected chi connectivity index (χ1v) is 7.93. The van der Waals surface area contributed by atoms with Gasteiger partial charge in [0.25, 0.3) is 5.56 Å². The molecule has 0 aliphatic heterocycles. The first-order chi connectivity index (χ1) is 12.3. The molecule has 2 rings (SSSR count). The molecule has 0 aromatic carbocycles. The van der Waals surface area contributed by atoms with Crippen LogP contribution in [-0.2, 0) is 14.3 Å². The summed E-state index contributed by atoms with van der Waals surface area (Å²) in [4.78, 5) is 38.5. The van der Waals surface area contributed by atoms with Crippen molar-refractivity contribution >= 4 is 11.9 Å². The summed E-state index contributed by atoms with van der Waals surface area (Å²) in [7, 11) is 2.39. The van der Waals surface area contributed by atoms with E-state index in [-0.39, 0.29) is 23.6 Å². The summed E-state index contributed by atoms with van der Waals surface area (Å²) < 4.78 is 11.0. The van der Waals surface area contributed by atoms with Crippen molar-refractivity contribution < 1.29 is 24.2 Å². The first kappa shape index (κ1) is 19.2. The van der Waals surface area contributed by atoms with Crippen molar-refractivity contribution in [3.05, 3.63) is 45.6 Å². The third kappa shape index (κ3) is 3.76. The monoisotopic (exact) mass is 363 g/mol. The maximum Gasteiger partial charge on any atom is 0.343 e. The van der Waals surface area contributed by atoms with E-state index in [1.807, 2.05) is 13.8 Å². The number of esters is 2. The van der Waals surface area contributed by atoms with Crippen LogP contribution in [0.5, 0.6) is 5.75 Å². The van der Waals surface area contributed by atoms with E-state index in [0.717, 1.165) is 13.3 Å². The van der Waals surface area contributed by atoms with Crippen LogP contribution in [0.25, 0.3) is 0 Å². The van der Waals surface area contributed by atoms with E-state index in [2.05, 4.69) is 14.8 Å². The zero-order valence-corrected chi connectivity index (χ0v) is 15.0. The number of nitrogens with zero attached hydrogens (tertiary/aromatic N) is 2. The van der Waals surface area contributed by atoms with Gasteiger partial charge in [0, 0.05) is 24.4 Å². The van der Waals surface area contributed by atoms with Gasteiger partial charge in [0.1, 0.15) is 11.3 Å². The van der Waals surface area contributed by atoms with E-state index in [4.69, 9.17) is 4.74 Å². The number of aromatic hydroxyl groups is 1. The van der Waals surface area contributed by atoms with Crippen LogP contribution in [0.4, 0.5) is 0 Å². The molecule has 0 amide bonds. The Morgan fingerprint density at radius 3 is 2.54 bits per heavy atom. The number of carbonyl (C=O) groups is 2. The maximum absolute atomic E-state index is 12.4. The van der Waals surface area contributed by atoms with Gasteiger partial charge in [-0.3, -0.25) is 14.3 Å². The number of hydrogen-bond donors (Lipinski definition) is 2. The minimum absolute atomic E-state index is 0.0656. The summed E-state index contributed by atoms with van der Waals surface area (Å²) in [6, 6.07) is 0.0656. The lowest BCUT2D eigenvalue weighted by atomic mass is 9.89. The highest BCUT2D eigenvalue weighted by Gasteiger charge is 2.29. The molecule has 1 unspecified atom stereocenters. The number of rotatable bonds is 6. The standard InChI is InChI=1S/C17H21N3O6/c1-9(2)20-8-10(6-19-20)11(5-13(21)25-3)14-15(22)12(17(24)26-4)7-18-16(14)23/h6-9,11H,5H2,1-4H3,(H2,18,22,23). The van der Waals surface area contributed by atoms with Gasteiger partial charge in [0.05, 0.1) is 32.4 Å². The average molecular weight is 363 g/mol. The van der Waals surface area contributed by atoms with E-state index < -0.39 is 29.2 Å². The number of aromatic amines is 1. The Morgan fingerprint density at radius 2 is 2.00 bits per heavy atom. The summed E-state index contributed by atoms with van der Waals surface area (Å²) in [5.41, 5.74) is -0.414. The molecule has 1 atom stereocenters. The van der Waals surface area contributed by atoms with Crippen molar-refractivity contribution in [2.24, 2.45) is 0 Å². The number of pyridine rings is 1. The smallest absolute Gasteiger partial charge is 0.343 e. The molecule has 0 aliphatic rings. The van der Waals surface area contributed by atoms with Gasteiger partial charge in [0.15, 0.2) is 0 Å². The van der Waals surface area contributed by atoms with Gasteiger partial charge < -0.3 is 19.6 Å². The van der Waals surface area contributed by atoms with Crippen molar-refractivity contribution in [2.75, 3.05) is 14.2 Å². The number of carbonyl (C=O) groups excluding carboxylic acids is 2. The summed E-state index contributed by atoms with van der Waals surface area (Å²) in [5, 5.41) is 14.7. The van der Waals surface area contributed by atoms with Crippen LogP contribution in [0.1, 0.15) is 53.7 Å². The summed E-state index contributed by atoms with van der Waals surface area (Å²) in [5.74, 6) is -2.76. The Morgan fingerprint density at radius 1 is 1.31 bits per heavy atom. The topological polar surface area (TPSA) is 124 Å². The molecule has 2 aromatic rings. The highest BCUT2D eigenvalue weighted by molar-refractivity contribution is 5.92. The second-order valence-corrected chi connectivity index (χ2v) is 5.97. The molecule has 2 aromatic heterocycles. The molecule has 2 heterocycles. The van der Waals surface area contributed by atoms with Crippen LogP contribution < -0.4 is 5.56 Å². The number of aromatic nitrogens is 3. The molecule has 140 valence electrons. The fourth-order valence-electron chi connectivity index (χ4n) is 2.58. The highest BCUT2D eigenvalue weighted by Crippen LogP contribution is 2.33. The van der Waals surface area contributed by atoms with E-state index in [1.54, 1.807) is 10.9 Å². The molecule has 0 aliphatic carbocycles. The van der Waals surface area contributed by atoms with E-state index >= 15 is 0 Å². The molecule has 0 bridgehead atoms. The lowest BCUT2D eigenvalue weighted by Gasteiger charge is -2.16. The summed E-state index contributed by atoms with van der Waals surface area (Å²) in [6.07, 6.45) is 4.06. The molecule has 0 radical (unpaired) electrons. The minimum atomic E-state index is -0.844. The number of H-pyrrole nitrogens is 1. The molecule has 2 N–H and O–H groups in total. The van der Waals surface area contributed by atoms with Crippen LogP contribution in [-0.4, -0.2) is 46.0 Å². The molecule has 0 spiro atoms. The Labute approximate surface area is 149 Å². The SMILES string of the molecule is COC(=O)CC(c1cnn(C(C)C)c1)c1c(O)c(C(=O)OC)c[nH]c1=O. The van der Waals surface area contributed by atoms with Gasteiger partial charge >= 0.3 is 11.9 Å². The Hall–Kier alpha value is -3.10. The maximum atomic E-state index is 12.4. The average Bonchev–Trinajstić information content (AvgIpc) is 3.10. The number of hydrogen-bond acceptors (Lipinski definition) is 7. The molecule has 0 fully saturated rings. The second kappa shape index (κ2) is 7.85. The molecule has 0 saturated carbocycles. The van der Waals surface area contributed by atoms with Gasteiger partial charge in [-0.2, -0.15) is 5.10 Å². The van der Waals surface area contributed by atoms with Crippen molar-refractivity contribution in [1.82, 2.24) is 14.8 Å². The van der Waals surface area contributed by atoms with Crippen molar-refractivity contribution in [3.8, 4) is 5.75 Å². The molecule has 26 heavy (non-hydrogen) atoms. The predicted molar refractivity (Wildman–Crippen MR) is 91.2 cm³/mol. The summed E-state index contributed by atoms with van der Waals surface area (Å²) >= 11 is 0. The Kier molecular flexibility index (Phi) is 5.81. The number of methoxy groups -OCH3 is 2. The normalized spacial score (nSPS) is 12.0. The van der Waals surface area contributed by atoms with Gasteiger partial charge in [-0.25, -0.2) is 4.79 Å². The van der Waals surface area contributed by atoms with Gasteiger partial charge in [-0.15, -0.1) is 0 Å². The Balaban J connectivity index is 2.63. The fraction of sp³-hybridized carbons (Fsp3) is 0.412. The molecule has 9 heteroatoms. The van der Waals surface area contributed by atoms with Crippen molar-refractivity contribution in [1.29, 1.82) is 0 Å². The molecule has 9 nitrogen and oxygen atoms in total. The van der Waals surface area contributed by atoms with Crippen LogP contribution >= 0.6 is 0 Å². The van der Waals surface area contributed by atoms with Crippen LogP contribution in [0.2, 0.25) is 0 Å². The van der Waals surface area contributed by atoms with Crippen molar-refractivity contribution in [3.63, 3.8) is 0 Å². The minimum Gasteiger partial charge on any atom is -0.506 e.